The number of nitrogens with one attached hydrogen (secondary N) is 1. The summed E-state index contributed by atoms with van der Waals surface area (Å²) in [5.41, 5.74) is 2.26. The number of benzene rings is 2. The molecule has 2 amide bonds. The highest BCUT2D eigenvalue weighted by Gasteiger charge is 2.21. The van der Waals surface area contributed by atoms with Crippen LogP contribution in [0.25, 0.3) is 10.2 Å². The molecule has 2 aromatic carbocycles. The van der Waals surface area contributed by atoms with Gasteiger partial charge in [0.1, 0.15) is 5.75 Å². The van der Waals surface area contributed by atoms with E-state index in [1.807, 2.05) is 24.0 Å². The number of ether oxygens (including phenoxy) is 1. The van der Waals surface area contributed by atoms with Gasteiger partial charge in [-0.2, -0.15) is 0 Å². The predicted octanol–water partition coefficient (Wildman–Crippen LogP) is 3.66. The van der Waals surface area contributed by atoms with Crippen LogP contribution in [0.1, 0.15) is 15.9 Å². The molecule has 0 saturated carbocycles. The first-order valence-electron chi connectivity index (χ1n) is 9.96. The van der Waals surface area contributed by atoms with Crippen LogP contribution in [0.4, 0.5) is 5.13 Å². The highest BCUT2D eigenvalue weighted by molar-refractivity contribution is 7.22. The Kier molecular flexibility index (Phi) is 6.41. The lowest BCUT2D eigenvalue weighted by Crippen LogP contribution is -2.47. The Hall–Kier alpha value is -2.68. The number of nitrogens with zero attached hydrogens (tertiary/aromatic N) is 3. The molecule has 3 aromatic rings. The van der Waals surface area contributed by atoms with E-state index in [4.69, 9.17) is 16.3 Å². The average Bonchev–Trinajstić information content (AvgIpc) is 3.16. The number of carbonyl (C=O) groups excluding carboxylic acids is 2. The molecule has 0 bridgehead atoms. The summed E-state index contributed by atoms with van der Waals surface area (Å²) in [6.07, 6.45) is 0. The number of halogens is 1. The van der Waals surface area contributed by atoms with Gasteiger partial charge in [-0.25, -0.2) is 4.98 Å². The number of thiazole rings is 1. The Bertz CT molecular complexity index is 1130. The third-order valence-electron chi connectivity index (χ3n) is 5.17. The van der Waals surface area contributed by atoms with Gasteiger partial charge in [0.25, 0.3) is 11.8 Å². The van der Waals surface area contributed by atoms with Gasteiger partial charge in [0.15, 0.2) is 11.7 Å². The normalized spacial score (nSPS) is 14.6. The molecule has 1 fully saturated rings. The smallest absolute Gasteiger partial charge is 0.264 e. The fraction of sp³-hybridized carbons (Fsp3) is 0.318. The summed E-state index contributed by atoms with van der Waals surface area (Å²) in [5.74, 6) is 0.300. The summed E-state index contributed by atoms with van der Waals surface area (Å²) >= 11 is 7.34. The second-order valence-corrected chi connectivity index (χ2v) is 8.98. The van der Waals surface area contributed by atoms with Crippen LogP contribution in [0.5, 0.6) is 5.75 Å². The van der Waals surface area contributed by atoms with E-state index >= 15 is 0 Å². The van der Waals surface area contributed by atoms with Gasteiger partial charge < -0.3 is 14.5 Å². The van der Waals surface area contributed by atoms with Gasteiger partial charge >= 0.3 is 0 Å². The Morgan fingerprint density at radius 1 is 1.16 bits per heavy atom. The first-order chi connectivity index (χ1) is 14.9. The Morgan fingerprint density at radius 2 is 1.94 bits per heavy atom. The van der Waals surface area contributed by atoms with Crippen molar-refractivity contribution in [2.75, 3.05) is 45.2 Å². The Balaban J connectivity index is 1.39. The van der Waals surface area contributed by atoms with E-state index in [0.717, 1.165) is 42.0 Å². The first-order valence-corrected chi connectivity index (χ1v) is 11.2. The maximum Gasteiger partial charge on any atom is 0.264 e. The number of anilines is 1. The molecular formula is C22H23ClN4O3S. The summed E-state index contributed by atoms with van der Waals surface area (Å²) in [6, 6.07) is 10.7. The number of fused-ring (bicyclic) bond motifs is 1. The molecule has 9 heteroatoms. The van der Waals surface area contributed by atoms with Crippen molar-refractivity contribution in [3.05, 3.63) is 52.5 Å². The van der Waals surface area contributed by atoms with E-state index in [1.165, 1.54) is 11.3 Å². The molecular weight excluding hydrogens is 436 g/mol. The highest BCUT2D eigenvalue weighted by atomic mass is 35.5. The number of hydrogen-bond acceptors (Lipinski definition) is 6. The second-order valence-electron chi connectivity index (χ2n) is 7.54. The third kappa shape index (κ3) is 5.15. The predicted molar refractivity (Wildman–Crippen MR) is 123 cm³/mol. The van der Waals surface area contributed by atoms with E-state index in [0.29, 0.717) is 21.5 Å². The standard InChI is InChI=1S/C22H23ClN4O3S/c1-14-11-16(4-5-17(14)23)30-13-20(28)25-22-24-18-6-3-15(12-19(18)31-22)21(29)27-9-7-26(2)8-10-27/h3-6,11-12H,7-10,13H2,1-2H3,(H,24,25,28). The minimum absolute atomic E-state index is 0.0284. The SMILES string of the molecule is Cc1cc(OCC(=O)Nc2nc3ccc(C(=O)N4CCN(C)CC4)cc3s2)ccc1Cl. The van der Waals surface area contributed by atoms with Crippen molar-refractivity contribution in [2.45, 2.75) is 6.92 Å². The molecule has 162 valence electrons. The molecule has 0 spiro atoms. The molecule has 4 rings (SSSR count). The van der Waals surface area contributed by atoms with Crippen molar-refractivity contribution in [3.63, 3.8) is 0 Å². The van der Waals surface area contributed by atoms with Gasteiger partial charge in [0.05, 0.1) is 10.2 Å². The number of hydrogen-bond donors (Lipinski definition) is 1. The number of rotatable bonds is 5. The zero-order chi connectivity index (χ0) is 22.0. The van der Waals surface area contributed by atoms with Gasteiger partial charge in [-0.3, -0.25) is 14.9 Å². The fourth-order valence-corrected chi connectivity index (χ4v) is 4.35. The fourth-order valence-electron chi connectivity index (χ4n) is 3.31. The van der Waals surface area contributed by atoms with Crippen molar-refractivity contribution in [2.24, 2.45) is 0 Å². The highest BCUT2D eigenvalue weighted by Crippen LogP contribution is 2.27. The summed E-state index contributed by atoms with van der Waals surface area (Å²) in [4.78, 5) is 33.6. The number of likely N-dealkylation sites (N-methyl/N-ethyl adjacent to an activating group) is 1. The Labute approximate surface area is 189 Å². The molecule has 1 aliphatic rings. The van der Waals surface area contributed by atoms with E-state index in [2.05, 4.69) is 22.2 Å². The lowest BCUT2D eigenvalue weighted by atomic mass is 10.1. The van der Waals surface area contributed by atoms with Crippen molar-refractivity contribution in [1.29, 1.82) is 0 Å². The number of piperazine rings is 1. The van der Waals surface area contributed by atoms with Crippen LogP contribution in [0, 0.1) is 6.92 Å². The second kappa shape index (κ2) is 9.21. The average molecular weight is 459 g/mol. The lowest BCUT2D eigenvalue weighted by Gasteiger charge is -2.32. The minimum Gasteiger partial charge on any atom is -0.484 e. The monoisotopic (exact) mass is 458 g/mol. The number of aryl methyl sites for hydroxylation is 1. The molecule has 0 aliphatic carbocycles. The Morgan fingerprint density at radius 3 is 2.68 bits per heavy atom. The van der Waals surface area contributed by atoms with Crippen molar-refractivity contribution >= 4 is 50.1 Å². The minimum atomic E-state index is -0.305. The van der Waals surface area contributed by atoms with Crippen LogP contribution in [-0.2, 0) is 4.79 Å². The van der Waals surface area contributed by atoms with Crippen LogP contribution < -0.4 is 10.1 Å². The quantitative estimate of drug-likeness (QED) is 0.631. The first kappa shape index (κ1) is 21.5. The van der Waals surface area contributed by atoms with E-state index in [9.17, 15) is 9.59 Å². The number of aromatic nitrogens is 1. The van der Waals surface area contributed by atoms with E-state index in [-0.39, 0.29) is 18.4 Å². The zero-order valence-electron chi connectivity index (χ0n) is 17.4. The zero-order valence-corrected chi connectivity index (χ0v) is 18.9. The van der Waals surface area contributed by atoms with E-state index in [1.54, 1.807) is 24.3 Å². The van der Waals surface area contributed by atoms with Crippen LogP contribution in [0.2, 0.25) is 5.02 Å². The van der Waals surface area contributed by atoms with Gasteiger partial charge in [0.2, 0.25) is 0 Å². The largest absolute Gasteiger partial charge is 0.484 e. The van der Waals surface area contributed by atoms with Crippen molar-refractivity contribution < 1.29 is 14.3 Å². The number of carbonyl (C=O) groups is 2. The molecule has 2 heterocycles. The third-order valence-corrected chi connectivity index (χ3v) is 6.53. The van der Waals surface area contributed by atoms with Crippen LogP contribution in [0.15, 0.2) is 36.4 Å². The van der Waals surface area contributed by atoms with Crippen molar-refractivity contribution in [3.8, 4) is 5.75 Å². The molecule has 0 atom stereocenters. The van der Waals surface area contributed by atoms with Gasteiger partial charge in [0, 0.05) is 36.8 Å². The topological polar surface area (TPSA) is 74.8 Å². The molecule has 0 radical (unpaired) electrons. The van der Waals surface area contributed by atoms with Crippen molar-refractivity contribution in [1.82, 2.24) is 14.8 Å². The van der Waals surface area contributed by atoms with Gasteiger partial charge in [-0.1, -0.05) is 22.9 Å². The summed E-state index contributed by atoms with van der Waals surface area (Å²) in [5, 5.41) is 3.88. The van der Waals surface area contributed by atoms with Gasteiger partial charge in [-0.05, 0) is 55.9 Å². The molecule has 7 nitrogen and oxygen atoms in total. The van der Waals surface area contributed by atoms with Crippen LogP contribution >= 0.6 is 22.9 Å². The van der Waals surface area contributed by atoms with Crippen LogP contribution in [0.3, 0.4) is 0 Å². The van der Waals surface area contributed by atoms with Gasteiger partial charge in [-0.15, -0.1) is 0 Å². The molecule has 1 saturated heterocycles. The molecule has 1 N–H and O–H groups in total. The maximum atomic E-state index is 12.8. The molecule has 31 heavy (non-hydrogen) atoms. The summed E-state index contributed by atoms with van der Waals surface area (Å²) < 4.78 is 6.38. The molecule has 1 aliphatic heterocycles. The number of amides is 2. The molecule has 1 aromatic heterocycles. The maximum absolute atomic E-state index is 12.8. The summed E-state index contributed by atoms with van der Waals surface area (Å²) in [7, 11) is 2.06. The van der Waals surface area contributed by atoms with E-state index < -0.39 is 0 Å². The lowest BCUT2D eigenvalue weighted by molar-refractivity contribution is -0.118. The molecule has 0 unspecified atom stereocenters. The summed E-state index contributed by atoms with van der Waals surface area (Å²) in [6.45, 7) is 4.95. The van der Waals surface area contributed by atoms with Crippen LogP contribution in [-0.4, -0.2) is 66.4 Å².